The second kappa shape index (κ2) is 5.40. The number of sulfonamides is 1. The third-order valence-corrected chi connectivity index (χ3v) is 7.96. The maximum absolute atomic E-state index is 12.3. The minimum atomic E-state index is -3.35. The van der Waals surface area contributed by atoms with E-state index in [0.29, 0.717) is 16.7 Å². The van der Waals surface area contributed by atoms with Gasteiger partial charge in [-0.3, -0.25) is 0 Å². The summed E-state index contributed by atoms with van der Waals surface area (Å²) in [5, 5.41) is 0.226. The average molecular weight is 373 g/mol. The highest BCUT2D eigenvalue weighted by molar-refractivity contribution is 9.11. The fraction of sp³-hybridized carbons (Fsp3) is 0.636. The van der Waals surface area contributed by atoms with Crippen LogP contribution in [0.5, 0.6) is 0 Å². The predicted molar refractivity (Wildman–Crippen MR) is 78.9 cm³/mol. The Balaban J connectivity index is 2.10. The Morgan fingerprint density at radius 2 is 2.17 bits per heavy atom. The van der Waals surface area contributed by atoms with E-state index in [4.69, 9.17) is 11.6 Å². The first kappa shape index (κ1) is 14.8. The van der Waals surface area contributed by atoms with E-state index in [1.807, 2.05) is 6.92 Å². The zero-order chi connectivity index (χ0) is 13.5. The zero-order valence-corrected chi connectivity index (χ0v) is 14.2. The molecule has 1 fully saturated rings. The molecule has 1 heterocycles. The van der Waals surface area contributed by atoms with Crippen LogP contribution in [0, 0.1) is 12.8 Å². The van der Waals surface area contributed by atoms with Crippen molar-refractivity contribution >= 4 is 48.9 Å². The van der Waals surface area contributed by atoms with E-state index in [1.165, 1.54) is 15.6 Å². The van der Waals surface area contributed by atoms with Crippen LogP contribution in [0.2, 0.25) is 0 Å². The molecule has 0 spiro atoms. The number of alkyl halides is 1. The molecule has 0 N–H and O–H groups in total. The van der Waals surface area contributed by atoms with Gasteiger partial charge in [0.15, 0.2) is 0 Å². The molecule has 7 heteroatoms. The minimum Gasteiger partial charge on any atom is -0.206 e. The second-order valence-electron chi connectivity index (χ2n) is 4.74. The first-order valence-electron chi connectivity index (χ1n) is 5.67. The lowest BCUT2D eigenvalue weighted by Crippen LogP contribution is -2.37. The predicted octanol–water partition coefficient (Wildman–Crippen LogP) is 3.46. The van der Waals surface area contributed by atoms with Gasteiger partial charge in [-0.1, -0.05) is 0 Å². The zero-order valence-electron chi connectivity index (χ0n) is 10.2. The third-order valence-electron chi connectivity index (χ3n) is 3.19. The summed E-state index contributed by atoms with van der Waals surface area (Å²) in [4.78, 5) is 0. The number of thiophene rings is 1. The molecule has 0 atom stereocenters. The highest BCUT2D eigenvalue weighted by Crippen LogP contribution is 2.35. The normalized spacial score (nSPS) is 24.3. The molecule has 0 bridgehead atoms. The molecule has 1 aromatic rings. The monoisotopic (exact) mass is 371 g/mol. The van der Waals surface area contributed by atoms with Crippen molar-refractivity contribution in [3.8, 4) is 0 Å². The van der Waals surface area contributed by atoms with E-state index in [1.54, 1.807) is 13.1 Å². The van der Waals surface area contributed by atoms with E-state index in [0.717, 1.165) is 22.2 Å². The summed E-state index contributed by atoms with van der Waals surface area (Å²) in [5.74, 6) is 0.400. The molecule has 102 valence electrons. The maximum Gasteiger partial charge on any atom is 0.252 e. The van der Waals surface area contributed by atoms with Crippen LogP contribution in [0.4, 0.5) is 0 Å². The van der Waals surface area contributed by atoms with E-state index in [-0.39, 0.29) is 5.38 Å². The van der Waals surface area contributed by atoms with Crippen molar-refractivity contribution in [3.05, 3.63) is 15.4 Å². The molecule has 0 aliphatic heterocycles. The van der Waals surface area contributed by atoms with Crippen LogP contribution in [-0.4, -0.2) is 31.7 Å². The number of hydrogen-bond acceptors (Lipinski definition) is 3. The van der Waals surface area contributed by atoms with E-state index in [2.05, 4.69) is 15.9 Å². The Hall–Kier alpha value is 0.380. The van der Waals surface area contributed by atoms with E-state index >= 15 is 0 Å². The van der Waals surface area contributed by atoms with Crippen molar-refractivity contribution in [2.24, 2.45) is 5.92 Å². The van der Waals surface area contributed by atoms with Crippen LogP contribution in [0.15, 0.2) is 14.1 Å². The van der Waals surface area contributed by atoms with Crippen molar-refractivity contribution in [1.29, 1.82) is 0 Å². The van der Waals surface area contributed by atoms with Gasteiger partial charge in [-0.15, -0.1) is 22.9 Å². The molecule has 18 heavy (non-hydrogen) atoms. The van der Waals surface area contributed by atoms with Gasteiger partial charge in [-0.2, -0.15) is 4.31 Å². The smallest absolute Gasteiger partial charge is 0.206 e. The molecule has 1 saturated carbocycles. The summed E-state index contributed by atoms with van der Waals surface area (Å²) in [6.45, 7) is 2.45. The fourth-order valence-electron chi connectivity index (χ4n) is 1.98. The summed E-state index contributed by atoms with van der Waals surface area (Å²) >= 11 is 10.5. The van der Waals surface area contributed by atoms with Crippen LogP contribution in [0.1, 0.15) is 18.4 Å². The lowest BCUT2D eigenvalue weighted by Gasteiger charge is -2.33. The van der Waals surface area contributed by atoms with Gasteiger partial charge in [0.05, 0.1) is 3.79 Å². The Morgan fingerprint density at radius 1 is 1.56 bits per heavy atom. The van der Waals surface area contributed by atoms with Crippen LogP contribution in [0.25, 0.3) is 0 Å². The number of nitrogens with zero attached hydrogens (tertiary/aromatic N) is 1. The molecule has 0 saturated heterocycles. The van der Waals surface area contributed by atoms with Gasteiger partial charge >= 0.3 is 0 Å². The van der Waals surface area contributed by atoms with Crippen molar-refractivity contribution < 1.29 is 8.42 Å². The topological polar surface area (TPSA) is 37.4 Å². The van der Waals surface area contributed by atoms with Crippen LogP contribution < -0.4 is 0 Å². The molecule has 0 radical (unpaired) electrons. The maximum atomic E-state index is 12.3. The summed E-state index contributed by atoms with van der Waals surface area (Å²) in [5.41, 5.74) is 0.955. The molecule has 0 aromatic carbocycles. The van der Waals surface area contributed by atoms with Gasteiger partial charge in [-0.25, -0.2) is 8.42 Å². The second-order valence-corrected chi connectivity index (χ2v) is 10.0. The van der Waals surface area contributed by atoms with E-state index in [9.17, 15) is 8.42 Å². The molecule has 3 nitrogen and oxygen atoms in total. The van der Waals surface area contributed by atoms with Gasteiger partial charge in [0.25, 0.3) is 10.0 Å². The molecule has 0 unspecified atom stereocenters. The fourth-order valence-corrected chi connectivity index (χ4v) is 6.17. The van der Waals surface area contributed by atoms with Gasteiger partial charge in [0.1, 0.15) is 4.21 Å². The van der Waals surface area contributed by atoms with Crippen LogP contribution in [0.3, 0.4) is 0 Å². The van der Waals surface area contributed by atoms with Crippen molar-refractivity contribution in [2.45, 2.75) is 29.4 Å². The summed E-state index contributed by atoms with van der Waals surface area (Å²) in [6.07, 6.45) is 1.82. The highest BCUT2D eigenvalue weighted by Gasteiger charge is 2.32. The lowest BCUT2D eigenvalue weighted by atomic mass is 9.85. The van der Waals surface area contributed by atoms with Gasteiger partial charge < -0.3 is 0 Å². The summed E-state index contributed by atoms with van der Waals surface area (Å²) in [6, 6.07) is 1.71. The first-order valence-corrected chi connectivity index (χ1v) is 9.15. The molecule has 1 aromatic heterocycles. The average Bonchev–Trinajstić information content (AvgIpc) is 2.57. The molecule has 2 rings (SSSR count). The summed E-state index contributed by atoms with van der Waals surface area (Å²) < 4.78 is 27.4. The molecular weight excluding hydrogens is 358 g/mol. The standard InChI is InChI=1S/C11H15BrClNO2S2/c1-7-3-10(17-11(7)12)18(15,16)14(2)6-8-4-9(13)5-8/h3,8-9H,4-6H2,1-2H3. The Morgan fingerprint density at radius 3 is 2.61 bits per heavy atom. The van der Waals surface area contributed by atoms with Crippen molar-refractivity contribution in [1.82, 2.24) is 4.31 Å². The quantitative estimate of drug-likeness (QED) is 0.759. The molecular formula is C11H15BrClNO2S2. The third kappa shape index (κ3) is 2.93. The number of aryl methyl sites for hydroxylation is 1. The number of hydrogen-bond donors (Lipinski definition) is 0. The van der Waals surface area contributed by atoms with Crippen molar-refractivity contribution in [3.63, 3.8) is 0 Å². The highest BCUT2D eigenvalue weighted by atomic mass is 79.9. The lowest BCUT2D eigenvalue weighted by molar-refractivity contribution is 0.269. The number of rotatable bonds is 4. The molecule has 0 amide bonds. The Kier molecular flexibility index (Phi) is 4.44. The van der Waals surface area contributed by atoms with Crippen molar-refractivity contribution in [2.75, 3.05) is 13.6 Å². The Bertz CT molecular complexity index is 518. The van der Waals surface area contributed by atoms with Crippen LogP contribution >= 0.6 is 38.9 Å². The van der Waals surface area contributed by atoms with E-state index < -0.39 is 10.0 Å². The summed E-state index contributed by atoms with van der Waals surface area (Å²) in [7, 11) is -1.71. The largest absolute Gasteiger partial charge is 0.252 e. The Labute approximate surface area is 125 Å². The van der Waals surface area contributed by atoms with Crippen LogP contribution in [-0.2, 0) is 10.0 Å². The molecule has 1 aliphatic rings. The SMILES string of the molecule is Cc1cc(S(=O)(=O)N(C)CC2CC(Cl)C2)sc1Br. The number of halogens is 2. The van der Waals surface area contributed by atoms with Gasteiger partial charge in [-0.05, 0) is 53.2 Å². The van der Waals surface area contributed by atoms with Gasteiger partial charge in [0, 0.05) is 19.0 Å². The molecule has 1 aliphatic carbocycles. The minimum absolute atomic E-state index is 0.226. The first-order chi connectivity index (χ1) is 8.30. The van der Waals surface area contributed by atoms with Gasteiger partial charge in [0.2, 0.25) is 0 Å².